The number of nitrogens with zero attached hydrogens (tertiary/aromatic N) is 2. The largest absolute Gasteiger partial charge is 0.298 e. The van der Waals surface area contributed by atoms with Crippen LogP contribution in [0.25, 0.3) is 0 Å². The van der Waals surface area contributed by atoms with Gasteiger partial charge in [-0.25, -0.2) is 4.99 Å². The molecule has 0 radical (unpaired) electrons. The number of thiocarbonyl (C=S) groups is 1. The van der Waals surface area contributed by atoms with Gasteiger partial charge in [0.15, 0.2) is 0 Å². The van der Waals surface area contributed by atoms with Gasteiger partial charge in [0.05, 0.1) is 11.2 Å². The summed E-state index contributed by atoms with van der Waals surface area (Å²) in [6.07, 6.45) is 2.51. The maximum atomic E-state index is 4.75. The number of benzene rings is 1. The fourth-order valence-corrected chi connectivity index (χ4v) is 3.66. The lowest BCUT2D eigenvalue weighted by molar-refractivity contribution is 0.298. The molecule has 2 nitrogen and oxygen atoms in total. The fourth-order valence-electron chi connectivity index (χ4n) is 3.53. The van der Waals surface area contributed by atoms with Crippen molar-refractivity contribution < 1.29 is 0 Å². The van der Waals surface area contributed by atoms with Crippen molar-refractivity contribution in [2.24, 2.45) is 16.8 Å². The second kappa shape index (κ2) is 5.31. The van der Waals surface area contributed by atoms with E-state index in [4.69, 9.17) is 12.2 Å². The first-order valence-corrected chi connectivity index (χ1v) is 7.11. The van der Waals surface area contributed by atoms with Gasteiger partial charge >= 0.3 is 0 Å². The van der Waals surface area contributed by atoms with Crippen molar-refractivity contribution in [3.8, 4) is 0 Å². The molecule has 1 saturated carbocycles. The quantitative estimate of drug-likeness (QED) is 0.612. The monoisotopic (exact) mass is 258 g/mol. The molecule has 0 N–H and O–H groups in total. The molecule has 1 aliphatic carbocycles. The van der Waals surface area contributed by atoms with Gasteiger partial charge in [0.2, 0.25) is 0 Å². The van der Waals surface area contributed by atoms with Crippen LogP contribution in [0.2, 0.25) is 0 Å². The second-order valence-electron chi connectivity index (χ2n) is 5.47. The van der Waals surface area contributed by atoms with E-state index in [2.05, 4.69) is 45.4 Å². The molecule has 0 aromatic heterocycles. The maximum absolute atomic E-state index is 4.75. The van der Waals surface area contributed by atoms with Gasteiger partial charge in [0.1, 0.15) is 0 Å². The smallest absolute Gasteiger partial charge is 0.0646 e. The van der Waals surface area contributed by atoms with Gasteiger partial charge in [-0.15, -0.1) is 0 Å². The van der Waals surface area contributed by atoms with E-state index in [1.54, 1.807) is 0 Å². The highest BCUT2D eigenvalue weighted by Gasteiger charge is 2.42. The van der Waals surface area contributed by atoms with Crippen LogP contribution in [0.4, 0.5) is 0 Å². The van der Waals surface area contributed by atoms with E-state index in [-0.39, 0.29) is 0 Å². The molecule has 2 aliphatic rings. The Morgan fingerprint density at radius 2 is 2.06 bits per heavy atom. The number of likely N-dealkylation sites (tertiary alicyclic amines) is 1. The molecule has 1 aromatic carbocycles. The molecule has 3 atom stereocenters. The fraction of sp³-hybridized carbons (Fsp3) is 0.533. The highest BCUT2D eigenvalue weighted by molar-refractivity contribution is 7.78. The Morgan fingerprint density at radius 1 is 1.22 bits per heavy atom. The third-order valence-corrected chi connectivity index (χ3v) is 4.47. The van der Waals surface area contributed by atoms with Crippen LogP contribution in [0.3, 0.4) is 0 Å². The van der Waals surface area contributed by atoms with Crippen LogP contribution in [0.15, 0.2) is 35.3 Å². The lowest BCUT2D eigenvalue weighted by atomic mass is 9.98. The minimum Gasteiger partial charge on any atom is -0.298 e. The van der Waals surface area contributed by atoms with Crippen molar-refractivity contribution in [2.75, 3.05) is 13.1 Å². The van der Waals surface area contributed by atoms with Crippen LogP contribution in [-0.4, -0.2) is 29.2 Å². The number of aliphatic imine (C=N–C) groups is 1. The molecule has 0 bridgehead atoms. The Kier molecular flexibility index (Phi) is 3.55. The minimum atomic E-state index is 0.438. The first-order chi connectivity index (χ1) is 8.86. The van der Waals surface area contributed by atoms with Gasteiger partial charge in [-0.1, -0.05) is 30.3 Å². The lowest BCUT2D eigenvalue weighted by Gasteiger charge is -2.18. The van der Waals surface area contributed by atoms with E-state index in [1.807, 2.05) is 0 Å². The van der Waals surface area contributed by atoms with Gasteiger partial charge < -0.3 is 0 Å². The van der Waals surface area contributed by atoms with Crippen LogP contribution in [-0.2, 0) is 6.54 Å². The van der Waals surface area contributed by atoms with Gasteiger partial charge in [0, 0.05) is 19.6 Å². The van der Waals surface area contributed by atoms with Gasteiger partial charge in [-0.3, -0.25) is 4.90 Å². The standard InChI is InChI=1S/C15H18N2S/c18-11-16-15-7-6-13-9-17(10-14(13)15)8-12-4-2-1-3-5-12/h1-5,13-15H,6-10H2. The number of rotatable bonds is 3. The Balaban J connectivity index is 1.64. The summed E-state index contributed by atoms with van der Waals surface area (Å²) in [6, 6.07) is 11.2. The molecule has 3 heteroatoms. The SMILES string of the molecule is S=C=NC1CCC2CN(Cc3ccccc3)CC21. The first-order valence-electron chi connectivity index (χ1n) is 6.70. The summed E-state index contributed by atoms with van der Waals surface area (Å²) in [4.78, 5) is 6.91. The second-order valence-corrected chi connectivity index (χ2v) is 5.65. The summed E-state index contributed by atoms with van der Waals surface area (Å²) < 4.78 is 0. The van der Waals surface area contributed by atoms with E-state index in [9.17, 15) is 0 Å². The third-order valence-electron chi connectivity index (χ3n) is 4.36. The molecule has 3 rings (SSSR count). The predicted octanol–water partition coefficient (Wildman–Crippen LogP) is 3.00. The summed E-state index contributed by atoms with van der Waals surface area (Å²) in [5.74, 6) is 1.54. The Bertz CT molecular complexity index is 453. The molecule has 94 valence electrons. The highest BCUT2D eigenvalue weighted by Crippen LogP contribution is 2.40. The number of hydrogen-bond donors (Lipinski definition) is 0. The predicted molar refractivity (Wildman–Crippen MR) is 76.7 cm³/mol. The van der Waals surface area contributed by atoms with Crippen LogP contribution >= 0.6 is 12.2 Å². The zero-order valence-electron chi connectivity index (χ0n) is 10.5. The average molecular weight is 258 g/mol. The molecule has 18 heavy (non-hydrogen) atoms. The third kappa shape index (κ3) is 2.39. The molecular formula is C15H18N2S. The van der Waals surface area contributed by atoms with E-state index < -0.39 is 0 Å². The normalized spacial score (nSPS) is 31.0. The lowest BCUT2D eigenvalue weighted by Crippen LogP contribution is -2.23. The Morgan fingerprint density at radius 3 is 2.83 bits per heavy atom. The summed E-state index contributed by atoms with van der Waals surface area (Å²) >= 11 is 4.75. The minimum absolute atomic E-state index is 0.438. The van der Waals surface area contributed by atoms with Gasteiger partial charge in [0.25, 0.3) is 0 Å². The van der Waals surface area contributed by atoms with Gasteiger partial charge in [-0.2, -0.15) is 0 Å². The van der Waals surface area contributed by atoms with Crippen molar-refractivity contribution in [3.05, 3.63) is 35.9 Å². The van der Waals surface area contributed by atoms with Crippen LogP contribution < -0.4 is 0 Å². The molecule has 0 amide bonds. The molecule has 2 fully saturated rings. The first kappa shape index (κ1) is 12.0. The maximum Gasteiger partial charge on any atom is 0.0646 e. The molecule has 1 aliphatic heterocycles. The summed E-state index contributed by atoms with van der Waals surface area (Å²) in [5.41, 5.74) is 1.41. The summed E-state index contributed by atoms with van der Waals surface area (Å²) in [6.45, 7) is 3.47. The Hall–Kier alpha value is -1.02. The van der Waals surface area contributed by atoms with Crippen molar-refractivity contribution in [2.45, 2.75) is 25.4 Å². The van der Waals surface area contributed by atoms with E-state index in [1.165, 1.54) is 31.5 Å². The van der Waals surface area contributed by atoms with Crippen molar-refractivity contribution in [1.29, 1.82) is 0 Å². The van der Waals surface area contributed by atoms with Crippen LogP contribution in [0.1, 0.15) is 18.4 Å². The highest BCUT2D eigenvalue weighted by atomic mass is 32.1. The zero-order valence-corrected chi connectivity index (χ0v) is 11.3. The molecular weight excluding hydrogens is 240 g/mol. The average Bonchev–Trinajstić information content (AvgIpc) is 2.93. The van der Waals surface area contributed by atoms with Crippen molar-refractivity contribution in [1.82, 2.24) is 4.90 Å². The molecule has 0 spiro atoms. The van der Waals surface area contributed by atoms with Crippen molar-refractivity contribution in [3.63, 3.8) is 0 Å². The molecule has 1 aromatic rings. The van der Waals surface area contributed by atoms with E-state index in [0.717, 1.165) is 12.5 Å². The van der Waals surface area contributed by atoms with Crippen molar-refractivity contribution >= 4 is 17.4 Å². The summed E-state index contributed by atoms with van der Waals surface area (Å²) in [7, 11) is 0. The van der Waals surface area contributed by atoms with E-state index in [0.29, 0.717) is 12.0 Å². The van der Waals surface area contributed by atoms with E-state index >= 15 is 0 Å². The summed E-state index contributed by atoms with van der Waals surface area (Å²) in [5, 5.41) is 2.58. The topological polar surface area (TPSA) is 15.6 Å². The number of isothiocyanates is 1. The number of hydrogen-bond acceptors (Lipinski definition) is 3. The van der Waals surface area contributed by atoms with Gasteiger partial charge in [-0.05, 0) is 42.5 Å². The Labute approximate surface area is 114 Å². The molecule has 1 saturated heterocycles. The zero-order chi connectivity index (χ0) is 12.4. The van der Waals surface area contributed by atoms with Crippen LogP contribution in [0.5, 0.6) is 0 Å². The number of fused-ring (bicyclic) bond motifs is 1. The molecule has 1 heterocycles. The van der Waals surface area contributed by atoms with Crippen LogP contribution in [0, 0.1) is 11.8 Å². The molecule has 3 unspecified atom stereocenters.